The molecule has 0 spiro atoms. The molecular formula is C21H20N2O5S2. The first-order chi connectivity index (χ1) is 14.3. The summed E-state index contributed by atoms with van der Waals surface area (Å²) in [4.78, 5) is 28.3. The zero-order valence-electron chi connectivity index (χ0n) is 16.4. The first-order valence-electron chi connectivity index (χ1n) is 9.36. The van der Waals surface area contributed by atoms with Gasteiger partial charge in [0.15, 0.2) is 0 Å². The highest BCUT2D eigenvalue weighted by atomic mass is 32.2. The molecule has 156 valence electrons. The molecule has 0 atom stereocenters. The zero-order chi connectivity index (χ0) is 21.5. The Kier molecular flexibility index (Phi) is 5.25. The van der Waals surface area contributed by atoms with Gasteiger partial charge in [-0.1, -0.05) is 6.07 Å². The summed E-state index contributed by atoms with van der Waals surface area (Å²) in [6.07, 6.45) is 1.54. The van der Waals surface area contributed by atoms with Crippen LogP contribution in [0.1, 0.15) is 45.2 Å². The van der Waals surface area contributed by atoms with Crippen molar-refractivity contribution < 1.29 is 22.4 Å². The van der Waals surface area contributed by atoms with E-state index in [9.17, 15) is 18.0 Å². The SMILES string of the molecule is CC(C)N1C(=O)c2ccc(C(=O)N(Cc3ccco3)Cc3cccs3)cc2S1(=O)=O. The maximum atomic E-state index is 13.3. The van der Waals surface area contributed by atoms with Crippen LogP contribution in [-0.4, -0.2) is 35.5 Å². The molecule has 0 saturated heterocycles. The Labute approximate surface area is 178 Å². The van der Waals surface area contributed by atoms with Crippen LogP contribution in [-0.2, 0) is 23.1 Å². The number of hydrogen-bond donors (Lipinski definition) is 0. The Balaban J connectivity index is 1.69. The molecular weight excluding hydrogens is 424 g/mol. The maximum absolute atomic E-state index is 13.3. The Morgan fingerprint density at radius 1 is 1.17 bits per heavy atom. The van der Waals surface area contributed by atoms with E-state index < -0.39 is 22.0 Å². The second-order valence-corrected chi connectivity index (χ2v) is 10.0. The standard InChI is InChI=1S/C21H20N2O5S2/c1-14(2)23-21(25)18-8-7-15(11-19(18)30(23,26)27)20(24)22(12-16-5-3-9-28-16)13-17-6-4-10-29-17/h3-11,14H,12-13H2,1-2H3. The molecule has 0 N–H and O–H groups in total. The minimum atomic E-state index is -3.98. The number of fused-ring (bicyclic) bond motifs is 1. The number of amides is 2. The maximum Gasteiger partial charge on any atom is 0.269 e. The van der Waals surface area contributed by atoms with Crippen LogP contribution in [0.2, 0.25) is 0 Å². The second-order valence-electron chi connectivity index (χ2n) is 7.23. The van der Waals surface area contributed by atoms with Gasteiger partial charge in [0.05, 0.1) is 24.9 Å². The molecule has 0 unspecified atom stereocenters. The van der Waals surface area contributed by atoms with Crippen LogP contribution in [0.4, 0.5) is 0 Å². The highest BCUT2D eigenvalue weighted by molar-refractivity contribution is 7.90. The fourth-order valence-electron chi connectivity index (χ4n) is 3.45. The summed E-state index contributed by atoms with van der Waals surface area (Å²) in [5.41, 5.74) is 0.301. The van der Waals surface area contributed by atoms with Crippen LogP contribution in [0.15, 0.2) is 63.4 Å². The van der Waals surface area contributed by atoms with Gasteiger partial charge in [0, 0.05) is 16.5 Å². The van der Waals surface area contributed by atoms with E-state index in [1.807, 2.05) is 17.5 Å². The lowest BCUT2D eigenvalue weighted by Crippen LogP contribution is -2.36. The van der Waals surface area contributed by atoms with Gasteiger partial charge < -0.3 is 9.32 Å². The van der Waals surface area contributed by atoms with Crippen LogP contribution >= 0.6 is 11.3 Å². The third-order valence-corrected chi connectivity index (χ3v) is 7.67. The van der Waals surface area contributed by atoms with Crippen LogP contribution in [0.25, 0.3) is 0 Å². The molecule has 4 rings (SSSR count). The molecule has 1 aliphatic heterocycles. The summed E-state index contributed by atoms with van der Waals surface area (Å²) in [6, 6.07) is 11.1. The summed E-state index contributed by atoms with van der Waals surface area (Å²) in [6.45, 7) is 3.88. The number of thiophene rings is 1. The van der Waals surface area contributed by atoms with Crippen LogP contribution in [0.5, 0.6) is 0 Å². The van der Waals surface area contributed by atoms with Crippen molar-refractivity contribution in [1.82, 2.24) is 9.21 Å². The lowest BCUT2D eigenvalue weighted by molar-refractivity contribution is 0.0718. The highest BCUT2D eigenvalue weighted by Crippen LogP contribution is 2.33. The fourth-order valence-corrected chi connectivity index (χ4v) is 5.97. The minimum Gasteiger partial charge on any atom is -0.467 e. The summed E-state index contributed by atoms with van der Waals surface area (Å²) in [5.74, 6) is -0.284. The van der Waals surface area contributed by atoms with E-state index in [-0.39, 0.29) is 28.5 Å². The van der Waals surface area contributed by atoms with E-state index in [4.69, 9.17) is 4.42 Å². The number of carbonyl (C=O) groups is 2. The lowest BCUT2D eigenvalue weighted by Gasteiger charge is -2.21. The van der Waals surface area contributed by atoms with E-state index in [1.165, 1.54) is 35.8 Å². The topological polar surface area (TPSA) is 87.9 Å². The Morgan fingerprint density at radius 3 is 2.60 bits per heavy atom. The van der Waals surface area contributed by atoms with Crippen molar-refractivity contribution in [1.29, 1.82) is 0 Å². The molecule has 1 aliphatic rings. The molecule has 2 aromatic heterocycles. The Hall–Kier alpha value is -2.91. The van der Waals surface area contributed by atoms with E-state index in [1.54, 1.807) is 30.9 Å². The van der Waals surface area contributed by atoms with Gasteiger partial charge in [0.2, 0.25) is 0 Å². The molecule has 30 heavy (non-hydrogen) atoms. The minimum absolute atomic E-state index is 0.0936. The van der Waals surface area contributed by atoms with Crippen LogP contribution < -0.4 is 0 Å². The van der Waals surface area contributed by atoms with Gasteiger partial charge in [-0.2, -0.15) is 0 Å². The number of nitrogens with zero attached hydrogens (tertiary/aromatic N) is 2. The number of sulfonamides is 1. The van der Waals surface area contributed by atoms with Crippen molar-refractivity contribution in [3.8, 4) is 0 Å². The van der Waals surface area contributed by atoms with Crippen LogP contribution in [0, 0.1) is 0 Å². The first kappa shape index (κ1) is 20.4. The molecule has 1 aromatic carbocycles. The second kappa shape index (κ2) is 7.73. The van der Waals surface area contributed by atoms with Gasteiger partial charge in [0.25, 0.3) is 21.8 Å². The Bertz CT molecular complexity index is 1150. The van der Waals surface area contributed by atoms with Gasteiger partial charge in [-0.05, 0) is 55.6 Å². The Morgan fingerprint density at radius 2 is 1.97 bits per heavy atom. The zero-order valence-corrected chi connectivity index (χ0v) is 18.1. The normalized spacial score (nSPS) is 14.9. The molecule has 0 fully saturated rings. The molecule has 0 bridgehead atoms. The molecule has 2 amide bonds. The van der Waals surface area contributed by atoms with Crippen molar-refractivity contribution in [3.05, 3.63) is 75.9 Å². The van der Waals surface area contributed by atoms with Crippen molar-refractivity contribution >= 4 is 33.2 Å². The van der Waals surface area contributed by atoms with Gasteiger partial charge in [-0.15, -0.1) is 11.3 Å². The van der Waals surface area contributed by atoms with Crippen LogP contribution in [0.3, 0.4) is 0 Å². The molecule has 3 aromatic rings. The predicted octanol–water partition coefficient (Wildman–Crippen LogP) is 3.74. The quantitative estimate of drug-likeness (QED) is 0.578. The van der Waals surface area contributed by atoms with E-state index in [0.29, 0.717) is 12.3 Å². The van der Waals surface area contributed by atoms with E-state index >= 15 is 0 Å². The predicted molar refractivity (Wildman–Crippen MR) is 112 cm³/mol. The molecule has 3 heterocycles. The third-order valence-electron chi connectivity index (χ3n) is 4.81. The van der Waals surface area contributed by atoms with Gasteiger partial charge in [0.1, 0.15) is 10.7 Å². The number of rotatable bonds is 6. The number of hydrogen-bond acceptors (Lipinski definition) is 6. The molecule has 7 nitrogen and oxygen atoms in total. The van der Waals surface area contributed by atoms with E-state index in [2.05, 4.69) is 0 Å². The smallest absolute Gasteiger partial charge is 0.269 e. The number of furan rings is 1. The summed E-state index contributed by atoms with van der Waals surface area (Å²) in [7, 11) is -3.98. The molecule has 0 saturated carbocycles. The average Bonchev–Trinajstić information content (AvgIpc) is 3.43. The average molecular weight is 445 g/mol. The van der Waals surface area contributed by atoms with Gasteiger partial charge in [-0.25, -0.2) is 12.7 Å². The van der Waals surface area contributed by atoms with Crippen molar-refractivity contribution in [2.45, 2.75) is 37.9 Å². The largest absolute Gasteiger partial charge is 0.467 e. The summed E-state index contributed by atoms with van der Waals surface area (Å²) >= 11 is 1.53. The highest BCUT2D eigenvalue weighted by Gasteiger charge is 2.43. The lowest BCUT2D eigenvalue weighted by atomic mass is 10.1. The molecule has 0 aliphatic carbocycles. The molecule has 9 heteroatoms. The monoisotopic (exact) mass is 444 g/mol. The van der Waals surface area contributed by atoms with Crippen molar-refractivity contribution in [3.63, 3.8) is 0 Å². The number of carbonyl (C=O) groups excluding carboxylic acids is 2. The van der Waals surface area contributed by atoms with Crippen molar-refractivity contribution in [2.24, 2.45) is 0 Å². The molecule has 0 radical (unpaired) electrons. The summed E-state index contributed by atoms with van der Waals surface area (Å²) < 4.78 is 32.0. The summed E-state index contributed by atoms with van der Waals surface area (Å²) in [5, 5.41) is 1.93. The fraction of sp³-hybridized carbons (Fsp3) is 0.238. The van der Waals surface area contributed by atoms with Crippen molar-refractivity contribution in [2.75, 3.05) is 0 Å². The number of benzene rings is 1. The van der Waals surface area contributed by atoms with Gasteiger partial charge >= 0.3 is 0 Å². The first-order valence-corrected chi connectivity index (χ1v) is 11.7. The third kappa shape index (κ3) is 3.54. The van der Waals surface area contributed by atoms with E-state index in [0.717, 1.165) is 9.18 Å². The van der Waals surface area contributed by atoms with Gasteiger partial charge in [-0.3, -0.25) is 9.59 Å².